The molecule has 2 aromatic carbocycles. The lowest BCUT2D eigenvalue weighted by Gasteiger charge is -2.07. The van der Waals surface area contributed by atoms with Crippen LogP contribution in [0.5, 0.6) is 0 Å². The van der Waals surface area contributed by atoms with Crippen molar-refractivity contribution >= 4 is 33.3 Å². The third kappa shape index (κ3) is 2.54. The number of hydrogen-bond acceptors (Lipinski definition) is 2. The third-order valence-electron chi connectivity index (χ3n) is 3.13. The summed E-state index contributed by atoms with van der Waals surface area (Å²) in [5.74, 6) is -0.0731. The number of benzene rings is 2. The monoisotopic (exact) mass is 365 g/mol. The number of nitrogen functional groups attached to an aromatic ring is 1. The largest absolute Gasteiger partial charge is 0.382 e. The van der Waals surface area contributed by atoms with Gasteiger partial charge in [0.05, 0.1) is 15.7 Å². The molecule has 0 spiro atoms. The Hall–Kier alpha value is -1.85. The summed E-state index contributed by atoms with van der Waals surface area (Å²) in [6, 6.07) is 12.3. The number of nitrogens with two attached hydrogens (primary N) is 1. The third-order valence-corrected chi connectivity index (χ3v) is 3.98. The van der Waals surface area contributed by atoms with Crippen LogP contribution in [0.25, 0.3) is 22.4 Å². The molecule has 0 aliphatic carbocycles. The van der Waals surface area contributed by atoms with E-state index in [4.69, 9.17) is 17.3 Å². The molecular weight excluding hydrogens is 357 g/mol. The smallest absolute Gasteiger partial charge is 0.153 e. The molecule has 106 valence electrons. The first kappa shape index (κ1) is 14.1. The molecule has 3 nitrogen and oxygen atoms in total. The molecule has 0 bridgehead atoms. The summed E-state index contributed by atoms with van der Waals surface area (Å²) in [5, 5.41) is 7.37. The van der Waals surface area contributed by atoms with E-state index >= 15 is 0 Å². The van der Waals surface area contributed by atoms with Crippen LogP contribution < -0.4 is 5.73 Å². The molecule has 0 atom stereocenters. The first-order valence-electron chi connectivity index (χ1n) is 6.12. The lowest BCUT2D eigenvalue weighted by molar-refractivity contribution is 0.624. The second kappa shape index (κ2) is 5.50. The molecular formula is C15H10BrClFN3. The summed E-state index contributed by atoms with van der Waals surface area (Å²) in [4.78, 5) is 0. The van der Waals surface area contributed by atoms with Gasteiger partial charge in [-0.3, -0.25) is 5.10 Å². The highest BCUT2D eigenvalue weighted by Crippen LogP contribution is 2.37. The van der Waals surface area contributed by atoms with E-state index in [1.165, 1.54) is 0 Å². The zero-order chi connectivity index (χ0) is 15.0. The fraction of sp³-hybridized carbons (Fsp3) is 0. The van der Waals surface area contributed by atoms with Gasteiger partial charge in [-0.25, -0.2) is 4.39 Å². The second-order valence-electron chi connectivity index (χ2n) is 4.47. The molecule has 1 aromatic heterocycles. The van der Waals surface area contributed by atoms with E-state index in [2.05, 4.69) is 26.1 Å². The zero-order valence-electron chi connectivity index (χ0n) is 10.7. The van der Waals surface area contributed by atoms with Crippen molar-refractivity contribution in [2.45, 2.75) is 0 Å². The Labute approximate surface area is 134 Å². The van der Waals surface area contributed by atoms with Crippen LogP contribution >= 0.6 is 27.5 Å². The van der Waals surface area contributed by atoms with Gasteiger partial charge in [-0.2, -0.15) is 5.10 Å². The van der Waals surface area contributed by atoms with Crippen molar-refractivity contribution in [3.63, 3.8) is 0 Å². The summed E-state index contributed by atoms with van der Waals surface area (Å²) < 4.78 is 14.7. The average molecular weight is 367 g/mol. The Morgan fingerprint density at radius 1 is 1.19 bits per heavy atom. The average Bonchev–Trinajstić information content (AvgIpc) is 2.83. The topological polar surface area (TPSA) is 54.7 Å². The number of nitrogens with zero attached hydrogens (tertiary/aromatic N) is 1. The van der Waals surface area contributed by atoms with Crippen LogP contribution in [0.1, 0.15) is 0 Å². The minimum absolute atomic E-state index is 0.298. The van der Waals surface area contributed by atoms with Gasteiger partial charge in [-0.05, 0) is 45.8 Å². The number of aromatic amines is 1. The van der Waals surface area contributed by atoms with Crippen molar-refractivity contribution in [2.75, 3.05) is 5.73 Å². The van der Waals surface area contributed by atoms with Crippen molar-refractivity contribution in [3.05, 3.63) is 57.8 Å². The van der Waals surface area contributed by atoms with Gasteiger partial charge in [0, 0.05) is 10.6 Å². The molecule has 0 aliphatic heterocycles. The number of aromatic nitrogens is 2. The molecule has 21 heavy (non-hydrogen) atoms. The molecule has 6 heteroatoms. The molecule has 0 saturated heterocycles. The Kier molecular flexibility index (Phi) is 3.69. The minimum atomic E-state index is -0.371. The van der Waals surface area contributed by atoms with Crippen LogP contribution in [0, 0.1) is 5.82 Å². The lowest BCUT2D eigenvalue weighted by atomic mass is 10.0. The van der Waals surface area contributed by atoms with Crippen LogP contribution in [0.2, 0.25) is 5.02 Å². The van der Waals surface area contributed by atoms with Gasteiger partial charge in [-0.15, -0.1) is 0 Å². The van der Waals surface area contributed by atoms with Crippen LogP contribution in [0.3, 0.4) is 0 Å². The molecule has 3 rings (SSSR count). The Balaban J connectivity index is 2.24. The number of H-pyrrole nitrogens is 1. The predicted octanol–water partition coefficient (Wildman–Crippen LogP) is 4.88. The van der Waals surface area contributed by atoms with E-state index in [-0.39, 0.29) is 5.82 Å². The van der Waals surface area contributed by atoms with E-state index in [1.54, 1.807) is 30.3 Å². The molecule has 0 unspecified atom stereocenters. The van der Waals surface area contributed by atoms with E-state index in [9.17, 15) is 4.39 Å². The van der Waals surface area contributed by atoms with Crippen molar-refractivity contribution in [1.29, 1.82) is 0 Å². The van der Waals surface area contributed by atoms with Gasteiger partial charge in [0.2, 0.25) is 0 Å². The number of hydrogen-bond donors (Lipinski definition) is 2. The summed E-state index contributed by atoms with van der Waals surface area (Å²) in [7, 11) is 0. The van der Waals surface area contributed by atoms with E-state index in [0.717, 1.165) is 5.56 Å². The molecule has 0 radical (unpaired) electrons. The molecule has 3 aromatic rings. The van der Waals surface area contributed by atoms with Crippen molar-refractivity contribution in [3.8, 4) is 22.4 Å². The predicted molar refractivity (Wildman–Crippen MR) is 86.5 cm³/mol. The molecule has 0 amide bonds. The maximum atomic E-state index is 14.3. The van der Waals surface area contributed by atoms with E-state index in [0.29, 0.717) is 32.1 Å². The lowest BCUT2D eigenvalue weighted by Crippen LogP contribution is -1.91. The van der Waals surface area contributed by atoms with Crippen LogP contribution in [-0.2, 0) is 0 Å². The maximum Gasteiger partial charge on any atom is 0.153 e. The highest BCUT2D eigenvalue weighted by molar-refractivity contribution is 9.10. The van der Waals surface area contributed by atoms with Crippen molar-refractivity contribution < 1.29 is 4.39 Å². The van der Waals surface area contributed by atoms with Crippen LogP contribution in [0.15, 0.2) is 46.9 Å². The summed E-state index contributed by atoms with van der Waals surface area (Å²) >= 11 is 9.20. The molecule has 3 N–H and O–H groups in total. The van der Waals surface area contributed by atoms with Gasteiger partial charge in [0.25, 0.3) is 0 Å². The Bertz CT molecular complexity index is 816. The first-order chi connectivity index (χ1) is 10.1. The van der Waals surface area contributed by atoms with Crippen molar-refractivity contribution in [2.24, 2.45) is 0 Å². The normalized spacial score (nSPS) is 10.8. The number of halogens is 3. The number of anilines is 1. The number of rotatable bonds is 2. The number of nitrogens with one attached hydrogen (secondary N) is 1. The van der Waals surface area contributed by atoms with Gasteiger partial charge in [0.15, 0.2) is 5.82 Å². The Morgan fingerprint density at radius 3 is 2.71 bits per heavy atom. The summed E-state index contributed by atoms with van der Waals surface area (Å²) in [5.41, 5.74) is 8.26. The van der Waals surface area contributed by atoms with Gasteiger partial charge in [-0.1, -0.05) is 29.8 Å². The SMILES string of the molecule is Nc1n[nH]c(-c2cccc(Br)c2F)c1-c1cccc(Cl)c1. The molecule has 0 fully saturated rings. The van der Waals surface area contributed by atoms with Gasteiger partial charge >= 0.3 is 0 Å². The highest BCUT2D eigenvalue weighted by Gasteiger charge is 2.18. The Morgan fingerprint density at radius 2 is 1.95 bits per heavy atom. The van der Waals surface area contributed by atoms with Crippen LogP contribution in [-0.4, -0.2) is 10.2 Å². The quantitative estimate of drug-likeness (QED) is 0.679. The highest BCUT2D eigenvalue weighted by atomic mass is 79.9. The summed E-state index contributed by atoms with van der Waals surface area (Å²) in [6.07, 6.45) is 0. The maximum absolute atomic E-state index is 14.3. The fourth-order valence-electron chi connectivity index (χ4n) is 2.18. The fourth-order valence-corrected chi connectivity index (χ4v) is 2.74. The molecule has 0 saturated carbocycles. The van der Waals surface area contributed by atoms with E-state index in [1.807, 2.05) is 12.1 Å². The van der Waals surface area contributed by atoms with Crippen LogP contribution in [0.4, 0.5) is 10.2 Å². The minimum Gasteiger partial charge on any atom is -0.382 e. The van der Waals surface area contributed by atoms with Gasteiger partial charge in [0.1, 0.15) is 5.82 Å². The van der Waals surface area contributed by atoms with Gasteiger partial charge < -0.3 is 5.73 Å². The second-order valence-corrected chi connectivity index (χ2v) is 5.76. The first-order valence-corrected chi connectivity index (χ1v) is 7.29. The summed E-state index contributed by atoms with van der Waals surface area (Å²) in [6.45, 7) is 0. The van der Waals surface area contributed by atoms with E-state index < -0.39 is 0 Å². The van der Waals surface area contributed by atoms with Crippen molar-refractivity contribution in [1.82, 2.24) is 10.2 Å². The molecule has 1 heterocycles. The standard InChI is InChI=1S/C15H10BrClFN3/c16-11-6-2-5-10(13(11)18)14-12(15(19)21-20-14)8-3-1-4-9(17)7-8/h1-7H,(H3,19,20,21). The molecule has 0 aliphatic rings. The zero-order valence-corrected chi connectivity index (χ0v) is 13.0.